The zero-order chi connectivity index (χ0) is 10.6. The minimum absolute atomic E-state index is 0.0731. The summed E-state index contributed by atoms with van der Waals surface area (Å²) in [6.07, 6.45) is 0. The van der Waals surface area contributed by atoms with Crippen LogP contribution < -0.4 is 4.74 Å². The predicted molar refractivity (Wildman–Crippen MR) is 48.5 cm³/mol. The molecule has 0 heterocycles. The van der Waals surface area contributed by atoms with Gasteiger partial charge in [-0.05, 0) is 24.3 Å². The maximum atomic E-state index is 11.0. The number of hydrogen-bond donors (Lipinski definition) is 1. The SMILES string of the molecule is C=C(C#N)C(=O)Oc1ccc(O)cc1. The van der Waals surface area contributed by atoms with Crippen LogP contribution in [0.15, 0.2) is 36.4 Å². The Labute approximate surface area is 80.7 Å². The van der Waals surface area contributed by atoms with Crippen molar-refractivity contribution < 1.29 is 14.6 Å². The normalized spacial score (nSPS) is 8.79. The Kier molecular flexibility index (Phi) is 2.87. The maximum absolute atomic E-state index is 11.0. The molecule has 4 nitrogen and oxygen atoms in total. The Morgan fingerprint density at radius 2 is 2.00 bits per heavy atom. The quantitative estimate of drug-likeness (QED) is 0.330. The molecule has 70 valence electrons. The van der Waals surface area contributed by atoms with Gasteiger partial charge in [0.05, 0.1) is 0 Å². The molecule has 1 aromatic rings. The van der Waals surface area contributed by atoms with E-state index in [1.165, 1.54) is 24.3 Å². The number of esters is 1. The van der Waals surface area contributed by atoms with Crippen LogP contribution in [0.5, 0.6) is 11.5 Å². The number of benzene rings is 1. The van der Waals surface area contributed by atoms with Crippen molar-refractivity contribution in [3.8, 4) is 17.6 Å². The summed E-state index contributed by atoms with van der Waals surface area (Å²) < 4.78 is 4.75. The number of aromatic hydroxyl groups is 1. The molecular weight excluding hydrogens is 182 g/mol. The number of carbonyl (C=O) groups is 1. The molecule has 0 aromatic heterocycles. The standard InChI is InChI=1S/C10H7NO3/c1-7(6-11)10(13)14-9-4-2-8(12)3-5-9/h2-5,12H,1H2. The van der Waals surface area contributed by atoms with E-state index in [2.05, 4.69) is 6.58 Å². The van der Waals surface area contributed by atoms with Crippen LogP contribution in [-0.2, 0) is 4.79 Å². The lowest BCUT2D eigenvalue weighted by Crippen LogP contribution is -2.08. The minimum Gasteiger partial charge on any atom is -0.508 e. The zero-order valence-electron chi connectivity index (χ0n) is 7.23. The molecule has 0 amide bonds. The van der Waals surface area contributed by atoms with Crippen molar-refractivity contribution >= 4 is 5.97 Å². The first kappa shape index (κ1) is 9.81. The number of nitrogens with zero attached hydrogens (tertiary/aromatic N) is 1. The number of nitriles is 1. The molecule has 0 bridgehead atoms. The van der Waals surface area contributed by atoms with Crippen LogP contribution in [0, 0.1) is 11.3 Å². The average molecular weight is 189 g/mol. The molecule has 0 spiro atoms. The highest BCUT2D eigenvalue weighted by molar-refractivity contribution is 5.93. The molecule has 0 saturated carbocycles. The van der Waals surface area contributed by atoms with Crippen LogP contribution in [0.25, 0.3) is 0 Å². The van der Waals surface area contributed by atoms with E-state index in [9.17, 15) is 4.79 Å². The predicted octanol–water partition coefficient (Wildman–Crippen LogP) is 1.38. The van der Waals surface area contributed by atoms with Crippen molar-refractivity contribution in [2.75, 3.05) is 0 Å². The largest absolute Gasteiger partial charge is 0.508 e. The van der Waals surface area contributed by atoms with Crippen LogP contribution in [-0.4, -0.2) is 11.1 Å². The van der Waals surface area contributed by atoms with Crippen LogP contribution in [0.1, 0.15) is 0 Å². The number of rotatable bonds is 2. The van der Waals surface area contributed by atoms with Gasteiger partial charge in [0.25, 0.3) is 0 Å². The second-order valence-corrected chi connectivity index (χ2v) is 2.47. The van der Waals surface area contributed by atoms with Gasteiger partial charge in [0.2, 0.25) is 0 Å². The number of phenols is 1. The van der Waals surface area contributed by atoms with Gasteiger partial charge in [0, 0.05) is 0 Å². The number of phenolic OH excluding ortho intramolecular Hbond substituents is 1. The van der Waals surface area contributed by atoms with Crippen molar-refractivity contribution in [2.24, 2.45) is 0 Å². The number of hydrogen-bond acceptors (Lipinski definition) is 4. The molecule has 0 aliphatic carbocycles. The topological polar surface area (TPSA) is 70.3 Å². The summed E-state index contributed by atoms with van der Waals surface area (Å²) in [6, 6.07) is 7.15. The average Bonchev–Trinajstić information content (AvgIpc) is 2.20. The monoisotopic (exact) mass is 189 g/mol. The molecule has 1 aromatic carbocycles. The molecule has 0 fully saturated rings. The van der Waals surface area contributed by atoms with E-state index in [1.807, 2.05) is 0 Å². The smallest absolute Gasteiger partial charge is 0.353 e. The van der Waals surface area contributed by atoms with Gasteiger partial charge in [-0.2, -0.15) is 5.26 Å². The summed E-state index contributed by atoms with van der Waals surface area (Å²) in [6.45, 7) is 3.20. The van der Waals surface area contributed by atoms with E-state index in [4.69, 9.17) is 15.1 Å². The van der Waals surface area contributed by atoms with Crippen LogP contribution in [0.2, 0.25) is 0 Å². The Bertz CT molecular complexity index is 400. The molecule has 1 rings (SSSR count). The summed E-state index contributed by atoms with van der Waals surface area (Å²) in [4.78, 5) is 11.0. The molecule has 0 atom stereocenters. The first-order chi connectivity index (χ1) is 6.63. The molecule has 14 heavy (non-hydrogen) atoms. The van der Waals surface area contributed by atoms with Crippen molar-refractivity contribution in [1.29, 1.82) is 5.26 Å². The molecule has 0 aliphatic heterocycles. The van der Waals surface area contributed by atoms with E-state index in [-0.39, 0.29) is 17.1 Å². The third-order valence-electron chi connectivity index (χ3n) is 1.43. The fourth-order valence-electron chi connectivity index (χ4n) is 0.728. The third-order valence-corrected chi connectivity index (χ3v) is 1.43. The van der Waals surface area contributed by atoms with Gasteiger partial charge in [-0.3, -0.25) is 0 Å². The minimum atomic E-state index is -0.793. The van der Waals surface area contributed by atoms with Crippen molar-refractivity contribution in [2.45, 2.75) is 0 Å². The van der Waals surface area contributed by atoms with Gasteiger partial charge in [-0.1, -0.05) is 6.58 Å². The van der Waals surface area contributed by atoms with Gasteiger partial charge in [-0.25, -0.2) is 4.79 Å². The van der Waals surface area contributed by atoms with Gasteiger partial charge in [0.1, 0.15) is 23.1 Å². The van der Waals surface area contributed by atoms with Crippen LogP contribution in [0.4, 0.5) is 0 Å². The van der Waals surface area contributed by atoms with E-state index in [0.717, 1.165) is 0 Å². The summed E-state index contributed by atoms with van der Waals surface area (Å²) >= 11 is 0. The number of ether oxygens (including phenoxy) is 1. The lowest BCUT2D eigenvalue weighted by molar-refractivity contribution is -0.129. The Hall–Kier alpha value is -2.28. The maximum Gasteiger partial charge on any atom is 0.353 e. The molecule has 0 unspecified atom stereocenters. The lowest BCUT2D eigenvalue weighted by atomic mass is 10.3. The van der Waals surface area contributed by atoms with E-state index < -0.39 is 5.97 Å². The first-order valence-electron chi connectivity index (χ1n) is 3.73. The molecular formula is C10H7NO3. The summed E-state index contributed by atoms with van der Waals surface area (Å²) in [5.41, 5.74) is -0.266. The van der Waals surface area contributed by atoms with Gasteiger partial charge in [0.15, 0.2) is 0 Å². The Balaban J connectivity index is 2.71. The van der Waals surface area contributed by atoms with Crippen LogP contribution >= 0.6 is 0 Å². The van der Waals surface area contributed by atoms with Crippen molar-refractivity contribution in [3.05, 3.63) is 36.4 Å². The molecule has 1 N–H and O–H groups in total. The lowest BCUT2D eigenvalue weighted by Gasteiger charge is -2.01. The summed E-state index contributed by atoms with van der Waals surface area (Å²) in [5, 5.41) is 17.3. The van der Waals surface area contributed by atoms with Crippen molar-refractivity contribution in [1.82, 2.24) is 0 Å². The van der Waals surface area contributed by atoms with Gasteiger partial charge < -0.3 is 9.84 Å². The summed E-state index contributed by atoms with van der Waals surface area (Å²) in [5.74, 6) is -0.466. The zero-order valence-corrected chi connectivity index (χ0v) is 7.23. The third kappa shape index (κ3) is 2.35. The van der Waals surface area contributed by atoms with Crippen LogP contribution in [0.3, 0.4) is 0 Å². The van der Waals surface area contributed by atoms with Gasteiger partial charge in [-0.15, -0.1) is 0 Å². The Morgan fingerprint density at radius 3 is 2.50 bits per heavy atom. The Morgan fingerprint density at radius 1 is 1.43 bits per heavy atom. The highest BCUT2D eigenvalue weighted by Crippen LogP contribution is 2.16. The van der Waals surface area contributed by atoms with E-state index in [1.54, 1.807) is 6.07 Å². The van der Waals surface area contributed by atoms with E-state index >= 15 is 0 Å². The second-order valence-electron chi connectivity index (χ2n) is 2.47. The highest BCUT2D eigenvalue weighted by Gasteiger charge is 2.08. The molecule has 0 radical (unpaired) electrons. The fourth-order valence-corrected chi connectivity index (χ4v) is 0.728. The first-order valence-corrected chi connectivity index (χ1v) is 3.73. The summed E-state index contributed by atoms with van der Waals surface area (Å²) in [7, 11) is 0. The molecule has 0 saturated heterocycles. The van der Waals surface area contributed by atoms with E-state index in [0.29, 0.717) is 0 Å². The highest BCUT2D eigenvalue weighted by atomic mass is 16.5. The molecule has 0 aliphatic rings. The second kappa shape index (κ2) is 4.10. The fraction of sp³-hybridized carbons (Fsp3) is 0. The molecule has 4 heteroatoms. The van der Waals surface area contributed by atoms with Crippen molar-refractivity contribution in [3.63, 3.8) is 0 Å². The number of carbonyl (C=O) groups excluding carboxylic acids is 1. The van der Waals surface area contributed by atoms with Gasteiger partial charge >= 0.3 is 5.97 Å².